The Morgan fingerprint density at radius 3 is 1.85 bits per heavy atom. The maximum atomic E-state index is 2.44. The van der Waals surface area contributed by atoms with E-state index in [1.54, 1.807) is 12.8 Å². The Bertz CT molecular complexity index is 132. The van der Waals surface area contributed by atoms with Crippen molar-refractivity contribution in [2.45, 2.75) is 76.4 Å². The molecule has 1 saturated carbocycles. The third-order valence-corrected chi connectivity index (χ3v) is 9.09. The molecule has 13 heavy (non-hydrogen) atoms. The van der Waals surface area contributed by atoms with Gasteiger partial charge >= 0.3 is 0 Å². The molecule has 0 spiro atoms. The molecule has 0 heterocycles. The van der Waals surface area contributed by atoms with Crippen LogP contribution in [0.2, 0.25) is 17.1 Å². The van der Waals surface area contributed by atoms with Gasteiger partial charge in [0.1, 0.15) is 0 Å². The SMILES string of the molecule is CC[SiH](CC)C1(CC)CCCCC1. The summed E-state index contributed by atoms with van der Waals surface area (Å²) in [5.74, 6) is 0. The van der Waals surface area contributed by atoms with Crippen LogP contribution in [0.1, 0.15) is 59.3 Å². The summed E-state index contributed by atoms with van der Waals surface area (Å²) in [5.41, 5.74) is 0. The maximum absolute atomic E-state index is 2.44. The van der Waals surface area contributed by atoms with Crippen LogP contribution >= 0.6 is 0 Å². The van der Waals surface area contributed by atoms with Crippen molar-refractivity contribution in [2.75, 3.05) is 0 Å². The molecule has 0 nitrogen and oxygen atoms in total. The van der Waals surface area contributed by atoms with Gasteiger partial charge in [-0.3, -0.25) is 0 Å². The lowest BCUT2D eigenvalue weighted by Gasteiger charge is -2.42. The van der Waals surface area contributed by atoms with Crippen LogP contribution < -0.4 is 0 Å². The molecular formula is C12H26Si. The van der Waals surface area contributed by atoms with Gasteiger partial charge in [0.05, 0.1) is 0 Å². The normalized spacial score (nSPS) is 22.2. The summed E-state index contributed by atoms with van der Waals surface area (Å²) in [6, 6.07) is 3.06. The molecular weight excluding hydrogens is 172 g/mol. The molecule has 0 aromatic rings. The van der Waals surface area contributed by atoms with Crippen LogP contribution in [-0.2, 0) is 0 Å². The van der Waals surface area contributed by atoms with Gasteiger partial charge in [0.15, 0.2) is 0 Å². The molecule has 1 fully saturated rings. The monoisotopic (exact) mass is 198 g/mol. The van der Waals surface area contributed by atoms with E-state index in [-0.39, 0.29) is 0 Å². The standard InChI is InChI=1S/C12H26Si/c1-4-12(13(5-2)6-3)10-8-7-9-11-12/h13H,4-11H2,1-3H3. The van der Waals surface area contributed by atoms with Gasteiger partial charge in [-0.2, -0.15) is 0 Å². The van der Waals surface area contributed by atoms with E-state index in [0.29, 0.717) is 0 Å². The van der Waals surface area contributed by atoms with Crippen molar-refractivity contribution in [3.8, 4) is 0 Å². The highest BCUT2D eigenvalue weighted by atomic mass is 28.3. The van der Waals surface area contributed by atoms with Crippen molar-refractivity contribution in [3.05, 3.63) is 0 Å². The third kappa shape index (κ3) is 2.37. The fourth-order valence-electron chi connectivity index (χ4n) is 3.46. The smallest absolute Gasteiger partial charge is 0.0427 e. The highest BCUT2D eigenvalue weighted by molar-refractivity contribution is 6.62. The van der Waals surface area contributed by atoms with Gasteiger partial charge in [-0.25, -0.2) is 0 Å². The summed E-state index contributed by atoms with van der Waals surface area (Å²) in [7, 11) is -0.409. The van der Waals surface area contributed by atoms with Crippen LogP contribution in [0, 0.1) is 0 Å². The van der Waals surface area contributed by atoms with Crippen molar-refractivity contribution >= 4 is 8.80 Å². The summed E-state index contributed by atoms with van der Waals surface area (Å²) in [6.45, 7) is 7.31. The molecule has 1 aliphatic carbocycles. The first kappa shape index (κ1) is 11.3. The largest absolute Gasteiger partial charge is 0.0680 e. The molecule has 0 atom stereocenters. The van der Waals surface area contributed by atoms with Gasteiger partial charge < -0.3 is 0 Å². The van der Waals surface area contributed by atoms with Crippen molar-refractivity contribution in [1.82, 2.24) is 0 Å². The zero-order valence-electron chi connectivity index (χ0n) is 9.73. The van der Waals surface area contributed by atoms with E-state index in [1.165, 1.54) is 37.8 Å². The maximum Gasteiger partial charge on any atom is 0.0427 e. The van der Waals surface area contributed by atoms with E-state index in [1.807, 2.05) is 0 Å². The van der Waals surface area contributed by atoms with E-state index in [2.05, 4.69) is 20.8 Å². The minimum atomic E-state index is -0.409. The van der Waals surface area contributed by atoms with Crippen molar-refractivity contribution in [3.63, 3.8) is 0 Å². The molecule has 0 saturated heterocycles. The highest BCUT2D eigenvalue weighted by Crippen LogP contribution is 2.50. The van der Waals surface area contributed by atoms with E-state index >= 15 is 0 Å². The van der Waals surface area contributed by atoms with Gasteiger partial charge in [0.2, 0.25) is 0 Å². The van der Waals surface area contributed by atoms with Gasteiger partial charge in [-0.1, -0.05) is 71.4 Å². The Labute approximate surface area is 85.7 Å². The Morgan fingerprint density at radius 1 is 0.923 bits per heavy atom. The molecule has 1 rings (SSSR count). The lowest BCUT2D eigenvalue weighted by molar-refractivity contribution is 0.358. The fraction of sp³-hybridized carbons (Fsp3) is 1.00. The summed E-state index contributed by atoms with van der Waals surface area (Å²) in [4.78, 5) is 0. The zero-order valence-corrected chi connectivity index (χ0v) is 10.9. The Hall–Kier alpha value is 0.217. The Kier molecular flexibility index (Phi) is 4.50. The minimum Gasteiger partial charge on any atom is -0.0680 e. The molecule has 0 bridgehead atoms. The number of hydrogen-bond donors (Lipinski definition) is 0. The molecule has 0 aromatic heterocycles. The van der Waals surface area contributed by atoms with Gasteiger partial charge in [0.25, 0.3) is 0 Å². The lowest BCUT2D eigenvalue weighted by Crippen LogP contribution is -2.33. The summed E-state index contributed by atoms with van der Waals surface area (Å²) in [6.07, 6.45) is 9.18. The quantitative estimate of drug-likeness (QED) is 0.589. The van der Waals surface area contributed by atoms with Gasteiger partial charge in [-0.05, 0) is 5.04 Å². The average molecular weight is 198 g/mol. The first-order valence-electron chi connectivity index (χ1n) is 6.29. The van der Waals surface area contributed by atoms with Gasteiger partial charge in [0, 0.05) is 8.80 Å². The molecule has 1 heteroatoms. The first-order chi connectivity index (χ1) is 6.29. The summed E-state index contributed by atoms with van der Waals surface area (Å²) in [5, 5.41) is 0.877. The second kappa shape index (κ2) is 5.19. The third-order valence-electron chi connectivity index (χ3n) is 4.41. The van der Waals surface area contributed by atoms with Crippen molar-refractivity contribution in [1.29, 1.82) is 0 Å². The molecule has 0 aliphatic heterocycles. The summed E-state index contributed by atoms with van der Waals surface area (Å²) >= 11 is 0. The predicted octanol–water partition coefficient (Wildman–Crippen LogP) is 4.37. The number of rotatable bonds is 4. The van der Waals surface area contributed by atoms with E-state index < -0.39 is 8.80 Å². The molecule has 0 radical (unpaired) electrons. The fourth-order valence-corrected chi connectivity index (χ4v) is 7.57. The lowest BCUT2D eigenvalue weighted by atomic mass is 9.86. The molecule has 0 N–H and O–H groups in total. The van der Waals surface area contributed by atoms with Crippen molar-refractivity contribution in [2.24, 2.45) is 0 Å². The van der Waals surface area contributed by atoms with Crippen LogP contribution in [0.5, 0.6) is 0 Å². The van der Waals surface area contributed by atoms with Crippen molar-refractivity contribution < 1.29 is 0 Å². The van der Waals surface area contributed by atoms with Gasteiger partial charge in [-0.15, -0.1) is 0 Å². The first-order valence-corrected chi connectivity index (χ1v) is 8.50. The number of hydrogen-bond acceptors (Lipinski definition) is 0. The van der Waals surface area contributed by atoms with Crippen LogP contribution in [0.3, 0.4) is 0 Å². The predicted molar refractivity (Wildman–Crippen MR) is 64.2 cm³/mol. The van der Waals surface area contributed by atoms with E-state index in [0.717, 1.165) is 5.04 Å². The molecule has 78 valence electrons. The van der Waals surface area contributed by atoms with E-state index in [4.69, 9.17) is 0 Å². The van der Waals surface area contributed by atoms with Crippen LogP contribution in [0.4, 0.5) is 0 Å². The molecule has 1 aliphatic rings. The van der Waals surface area contributed by atoms with E-state index in [9.17, 15) is 0 Å². The average Bonchev–Trinajstić information content (AvgIpc) is 2.21. The second-order valence-electron chi connectivity index (χ2n) is 4.79. The highest BCUT2D eigenvalue weighted by Gasteiger charge is 2.36. The van der Waals surface area contributed by atoms with Crippen LogP contribution in [0.15, 0.2) is 0 Å². The Balaban J connectivity index is 2.64. The second-order valence-corrected chi connectivity index (χ2v) is 9.04. The summed E-state index contributed by atoms with van der Waals surface area (Å²) < 4.78 is 0. The van der Waals surface area contributed by atoms with Crippen LogP contribution in [-0.4, -0.2) is 8.80 Å². The molecule has 0 unspecified atom stereocenters. The Morgan fingerprint density at radius 2 is 1.46 bits per heavy atom. The zero-order chi connectivity index (χ0) is 9.73. The topological polar surface area (TPSA) is 0 Å². The molecule has 0 aromatic carbocycles. The minimum absolute atomic E-state index is 0.409. The van der Waals surface area contributed by atoms with Crippen LogP contribution in [0.25, 0.3) is 0 Å². The molecule has 0 amide bonds.